The van der Waals surface area contributed by atoms with Crippen LogP contribution in [-0.2, 0) is 4.79 Å². The quantitative estimate of drug-likeness (QED) is 0.845. The van der Waals surface area contributed by atoms with Crippen LogP contribution in [0.2, 0.25) is 5.02 Å². The number of hydrogen-bond donors (Lipinski definition) is 1. The largest absolute Gasteiger partial charge is 0.479 e. The highest BCUT2D eigenvalue weighted by Gasteiger charge is 2.15. The second-order valence-corrected chi connectivity index (χ2v) is 5.65. The van der Waals surface area contributed by atoms with Crippen LogP contribution in [0.5, 0.6) is 5.75 Å². The molecule has 0 aliphatic rings. The molecule has 0 fully saturated rings. The normalized spacial score (nSPS) is 11.6. The molecule has 0 unspecified atom stereocenters. The van der Waals surface area contributed by atoms with Crippen LogP contribution in [0, 0.1) is 0 Å². The van der Waals surface area contributed by atoms with Crippen LogP contribution >= 0.6 is 11.6 Å². The summed E-state index contributed by atoms with van der Waals surface area (Å²) >= 11 is 6.02. The fourth-order valence-corrected chi connectivity index (χ4v) is 2.27. The van der Waals surface area contributed by atoms with Gasteiger partial charge in [0, 0.05) is 25.8 Å². The number of benzene rings is 2. The summed E-state index contributed by atoms with van der Waals surface area (Å²) in [5.74, 6) is 0.351. The lowest BCUT2D eigenvalue weighted by Gasteiger charge is -2.20. The molecule has 0 saturated heterocycles. The summed E-state index contributed by atoms with van der Waals surface area (Å²) in [5.41, 5.74) is 1.11. The van der Waals surface area contributed by atoms with Gasteiger partial charge < -0.3 is 15.0 Å². The summed E-state index contributed by atoms with van der Waals surface area (Å²) in [6.45, 7) is 2.97. The molecular formula is C18H21ClN2O2. The van der Waals surface area contributed by atoms with Crippen LogP contribution in [0.25, 0.3) is 0 Å². The Morgan fingerprint density at radius 3 is 2.52 bits per heavy atom. The Morgan fingerprint density at radius 1 is 1.17 bits per heavy atom. The van der Waals surface area contributed by atoms with Crippen LogP contribution < -0.4 is 15.0 Å². The third kappa shape index (κ3) is 5.18. The molecule has 5 heteroatoms. The Kier molecular flexibility index (Phi) is 6.29. The van der Waals surface area contributed by atoms with E-state index in [1.807, 2.05) is 49.5 Å². The molecule has 2 aromatic carbocycles. The zero-order valence-electron chi connectivity index (χ0n) is 13.3. The Labute approximate surface area is 142 Å². The van der Waals surface area contributed by atoms with Crippen molar-refractivity contribution in [2.24, 2.45) is 0 Å². The molecule has 1 atom stereocenters. The van der Waals surface area contributed by atoms with Crippen molar-refractivity contribution in [2.45, 2.75) is 13.0 Å². The average Bonchev–Trinajstić information content (AvgIpc) is 2.57. The minimum absolute atomic E-state index is 0.161. The Morgan fingerprint density at radius 2 is 1.83 bits per heavy atom. The third-order valence-corrected chi connectivity index (χ3v) is 3.77. The molecule has 0 aromatic heterocycles. The lowest BCUT2D eigenvalue weighted by atomic mass is 10.3. The van der Waals surface area contributed by atoms with E-state index in [0.29, 0.717) is 23.9 Å². The highest BCUT2D eigenvalue weighted by atomic mass is 35.5. The standard InChI is InChI=1S/C18H21ClN2O2/c1-14(23-17-11-7-6-10-16(17)19)18(22)20-12-13-21(2)15-8-4-3-5-9-15/h3-11,14H,12-13H2,1-2H3,(H,20,22)/t14-/m0/s1. The van der Waals surface area contributed by atoms with Gasteiger partial charge in [0.05, 0.1) is 5.02 Å². The summed E-state index contributed by atoms with van der Waals surface area (Å²) in [6.07, 6.45) is -0.600. The zero-order valence-corrected chi connectivity index (χ0v) is 14.1. The van der Waals surface area contributed by atoms with E-state index in [1.165, 1.54) is 0 Å². The van der Waals surface area contributed by atoms with Gasteiger partial charge in [-0.25, -0.2) is 0 Å². The van der Waals surface area contributed by atoms with Crippen LogP contribution in [0.1, 0.15) is 6.92 Å². The van der Waals surface area contributed by atoms with Crippen LogP contribution in [0.15, 0.2) is 54.6 Å². The fraction of sp³-hybridized carbons (Fsp3) is 0.278. The first-order chi connectivity index (χ1) is 11.1. The summed E-state index contributed by atoms with van der Waals surface area (Å²) < 4.78 is 5.59. The number of halogens is 1. The van der Waals surface area contributed by atoms with Crippen molar-refractivity contribution in [3.63, 3.8) is 0 Å². The molecule has 122 valence electrons. The van der Waals surface area contributed by atoms with Crippen molar-refractivity contribution in [2.75, 3.05) is 25.0 Å². The Hall–Kier alpha value is -2.20. The molecule has 1 N–H and O–H groups in total. The van der Waals surface area contributed by atoms with Gasteiger partial charge in [-0.15, -0.1) is 0 Å². The molecular weight excluding hydrogens is 312 g/mol. The van der Waals surface area contributed by atoms with Gasteiger partial charge in [-0.1, -0.05) is 41.9 Å². The monoisotopic (exact) mass is 332 g/mol. The number of hydrogen-bond acceptors (Lipinski definition) is 3. The minimum atomic E-state index is -0.600. The van der Waals surface area contributed by atoms with E-state index in [1.54, 1.807) is 19.1 Å². The molecule has 2 aromatic rings. The number of amides is 1. The van der Waals surface area contributed by atoms with Crippen LogP contribution in [0.4, 0.5) is 5.69 Å². The second kappa shape index (κ2) is 8.44. The first-order valence-corrected chi connectivity index (χ1v) is 7.91. The van der Waals surface area contributed by atoms with E-state index in [2.05, 4.69) is 10.2 Å². The van der Waals surface area contributed by atoms with Crippen LogP contribution in [-0.4, -0.2) is 32.1 Å². The van der Waals surface area contributed by atoms with E-state index >= 15 is 0 Å². The van der Waals surface area contributed by atoms with Gasteiger partial charge in [0.2, 0.25) is 0 Å². The summed E-state index contributed by atoms with van der Waals surface area (Å²) in [6, 6.07) is 17.1. The predicted octanol–water partition coefficient (Wildman–Crippen LogP) is 3.36. The number of carbonyl (C=O) groups is 1. The number of ether oxygens (including phenoxy) is 1. The number of likely N-dealkylation sites (N-methyl/N-ethyl adjacent to an activating group) is 1. The molecule has 0 spiro atoms. The molecule has 0 bridgehead atoms. The molecule has 0 radical (unpaired) electrons. The second-order valence-electron chi connectivity index (χ2n) is 5.24. The third-order valence-electron chi connectivity index (χ3n) is 3.45. The average molecular weight is 333 g/mol. The molecule has 2 rings (SSSR count). The number of nitrogens with one attached hydrogen (secondary N) is 1. The molecule has 0 heterocycles. The van der Waals surface area contributed by atoms with E-state index in [-0.39, 0.29) is 5.91 Å². The van der Waals surface area contributed by atoms with Gasteiger partial charge in [0.15, 0.2) is 6.10 Å². The number of para-hydroxylation sites is 2. The van der Waals surface area contributed by atoms with E-state index in [0.717, 1.165) is 5.69 Å². The van der Waals surface area contributed by atoms with E-state index < -0.39 is 6.10 Å². The van der Waals surface area contributed by atoms with Gasteiger partial charge in [-0.3, -0.25) is 4.79 Å². The van der Waals surface area contributed by atoms with Gasteiger partial charge >= 0.3 is 0 Å². The molecule has 0 aliphatic heterocycles. The first kappa shape index (κ1) is 17.2. The topological polar surface area (TPSA) is 41.6 Å². The number of anilines is 1. The van der Waals surface area contributed by atoms with Gasteiger partial charge in [0.25, 0.3) is 5.91 Å². The summed E-state index contributed by atoms with van der Waals surface area (Å²) in [4.78, 5) is 14.2. The van der Waals surface area contributed by atoms with Crippen molar-refractivity contribution >= 4 is 23.2 Å². The zero-order chi connectivity index (χ0) is 16.7. The van der Waals surface area contributed by atoms with Gasteiger partial charge in [0.1, 0.15) is 5.75 Å². The maximum Gasteiger partial charge on any atom is 0.260 e. The smallest absolute Gasteiger partial charge is 0.260 e. The molecule has 0 saturated carbocycles. The number of nitrogens with zero attached hydrogens (tertiary/aromatic N) is 1. The summed E-state index contributed by atoms with van der Waals surface area (Å²) in [7, 11) is 1.99. The molecule has 23 heavy (non-hydrogen) atoms. The highest BCUT2D eigenvalue weighted by molar-refractivity contribution is 6.32. The summed E-state index contributed by atoms with van der Waals surface area (Å²) in [5, 5.41) is 3.37. The Balaban J connectivity index is 1.77. The first-order valence-electron chi connectivity index (χ1n) is 7.53. The number of rotatable bonds is 7. The van der Waals surface area contributed by atoms with Gasteiger partial charge in [-0.2, -0.15) is 0 Å². The van der Waals surface area contributed by atoms with Crippen molar-refractivity contribution in [1.82, 2.24) is 5.32 Å². The van der Waals surface area contributed by atoms with Crippen molar-refractivity contribution in [3.05, 3.63) is 59.6 Å². The molecule has 0 aliphatic carbocycles. The maximum absolute atomic E-state index is 12.1. The maximum atomic E-state index is 12.1. The SMILES string of the molecule is C[C@H](Oc1ccccc1Cl)C(=O)NCCN(C)c1ccccc1. The van der Waals surface area contributed by atoms with E-state index in [4.69, 9.17) is 16.3 Å². The Bertz CT molecular complexity index is 634. The fourth-order valence-electron chi connectivity index (χ4n) is 2.09. The van der Waals surface area contributed by atoms with Crippen molar-refractivity contribution < 1.29 is 9.53 Å². The lowest BCUT2D eigenvalue weighted by molar-refractivity contribution is -0.127. The molecule has 4 nitrogen and oxygen atoms in total. The lowest BCUT2D eigenvalue weighted by Crippen LogP contribution is -2.40. The van der Waals surface area contributed by atoms with E-state index in [9.17, 15) is 4.79 Å². The van der Waals surface area contributed by atoms with Crippen molar-refractivity contribution in [3.8, 4) is 5.75 Å². The van der Waals surface area contributed by atoms with Gasteiger partial charge in [-0.05, 0) is 31.2 Å². The predicted molar refractivity (Wildman–Crippen MR) is 94.3 cm³/mol. The molecule has 1 amide bonds. The highest BCUT2D eigenvalue weighted by Crippen LogP contribution is 2.24. The van der Waals surface area contributed by atoms with Crippen molar-refractivity contribution in [1.29, 1.82) is 0 Å². The number of carbonyl (C=O) groups excluding carboxylic acids is 1. The minimum Gasteiger partial charge on any atom is -0.479 e. The van der Waals surface area contributed by atoms with Crippen LogP contribution in [0.3, 0.4) is 0 Å².